The lowest BCUT2D eigenvalue weighted by Crippen LogP contribution is -2.21. The molecule has 0 aromatic carbocycles. The number of hydrogen-bond acceptors (Lipinski definition) is 4. The second kappa shape index (κ2) is 16.0. The van der Waals surface area contributed by atoms with Gasteiger partial charge in [-0.15, -0.1) is 0 Å². The molecular weight excluding hydrogens is 364 g/mol. The topological polar surface area (TPSA) is 63.6 Å². The van der Waals surface area contributed by atoms with E-state index in [1.54, 1.807) is 6.92 Å². The molecule has 0 unspecified atom stereocenters. The molecule has 4 heteroatoms. The fourth-order valence-electron chi connectivity index (χ4n) is 3.53. The zero-order valence-corrected chi connectivity index (χ0v) is 18.5. The average Bonchev–Trinajstić information content (AvgIpc) is 2.71. The molecule has 0 amide bonds. The summed E-state index contributed by atoms with van der Waals surface area (Å²) in [6, 6.07) is 0. The molecule has 29 heavy (non-hydrogen) atoms. The van der Waals surface area contributed by atoms with Crippen molar-refractivity contribution in [1.82, 2.24) is 0 Å². The lowest BCUT2D eigenvalue weighted by molar-refractivity contribution is -0.120. The van der Waals surface area contributed by atoms with E-state index >= 15 is 0 Å². The van der Waals surface area contributed by atoms with Gasteiger partial charge in [-0.3, -0.25) is 9.59 Å². The number of allylic oxidation sites excluding steroid dienone is 4. The fraction of sp³-hybridized carbons (Fsp3) is 0.680. The summed E-state index contributed by atoms with van der Waals surface area (Å²) in [6.45, 7) is 4.34. The highest BCUT2D eigenvalue weighted by Crippen LogP contribution is 2.23. The SMILES string of the molecule is CCCCCC/C=C/CCCCCCCCCC1=C(O)C(=O)C=C(OCC)C1=O. The van der Waals surface area contributed by atoms with E-state index in [1.807, 2.05) is 0 Å². The van der Waals surface area contributed by atoms with Crippen LogP contribution in [0, 0.1) is 0 Å². The Labute approximate surface area is 177 Å². The number of carbonyl (C=O) groups excluding carboxylic acids is 2. The zero-order chi connectivity index (χ0) is 21.3. The van der Waals surface area contributed by atoms with E-state index in [1.165, 1.54) is 64.2 Å². The van der Waals surface area contributed by atoms with Crippen molar-refractivity contribution < 1.29 is 19.4 Å². The lowest BCUT2D eigenvalue weighted by Gasteiger charge is -2.15. The van der Waals surface area contributed by atoms with Crippen molar-refractivity contribution in [1.29, 1.82) is 0 Å². The normalized spacial score (nSPS) is 14.8. The number of aliphatic hydroxyl groups is 1. The number of rotatable bonds is 17. The summed E-state index contributed by atoms with van der Waals surface area (Å²) in [5.74, 6) is -1.22. The van der Waals surface area contributed by atoms with Crippen LogP contribution in [0.25, 0.3) is 0 Å². The molecule has 0 bridgehead atoms. The van der Waals surface area contributed by atoms with Gasteiger partial charge in [0.15, 0.2) is 11.5 Å². The van der Waals surface area contributed by atoms with E-state index in [0.717, 1.165) is 25.3 Å². The molecule has 0 spiro atoms. The van der Waals surface area contributed by atoms with E-state index in [-0.39, 0.29) is 17.1 Å². The highest BCUT2D eigenvalue weighted by atomic mass is 16.5. The Morgan fingerprint density at radius 3 is 1.97 bits per heavy atom. The number of carbonyl (C=O) groups is 2. The maximum absolute atomic E-state index is 12.3. The summed E-state index contributed by atoms with van der Waals surface area (Å²) in [4.78, 5) is 24.1. The molecule has 1 aliphatic rings. The van der Waals surface area contributed by atoms with Crippen molar-refractivity contribution in [2.24, 2.45) is 0 Å². The quantitative estimate of drug-likeness (QED) is 0.162. The van der Waals surface area contributed by atoms with Crippen LogP contribution in [0.4, 0.5) is 0 Å². The van der Waals surface area contributed by atoms with Gasteiger partial charge in [0.25, 0.3) is 0 Å². The van der Waals surface area contributed by atoms with Gasteiger partial charge in [-0.05, 0) is 45.4 Å². The van der Waals surface area contributed by atoms with Crippen molar-refractivity contribution in [3.8, 4) is 0 Å². The van der Waals surface area contributed by atoms with Crippen LogP contribution in [-0.2, 0) is 14.3 Å². The molecule has 0 atom stereocenters. The fourth-order valence-corrected chi connectivity index (χ4v) is 3.53. The van der Waals surface area contributed by atoms with Crippen molar-refractivity contribution in [2.75, 3.05) is 6.61 Å². The van der Waals surface area contributed by atoms with Gasteiger partial charge in [-0.1, -0.05) is 70.4 Å². The minimum absolute atomic E-state index is 0.0558. The van der Waals surface area contributed by atoms with Gasteiger partial charge in [0, 0.05) is 11.6 Å². The Morgan fingerprint density at radius 1 is 0.828 bits per heavy atom. The first-order valence-electron chi connectivity index (χ1n) is 11.6. The largest absolute Gasteiger partial charge is 0.504 e. The third kappa shape index (κ3) is 10.5. The van der Waals surface area contributed by atoms with E-state index in [2.05, 4.69) is 19.1 Å². The summed E-state index contributed by atoms with van der Waals surface area (Å²) >= 11 is 0. The number of ketones is 2. The Bertz CT molecular complexity index is 584. The van der Waals surface area contributed by atoms with Crippen LogP contribution in [0.5, 0.6) is 0 Å². The molecule has 0 aromatic rings. The van der Waals surface area contributed by atoms with Crippen LogP contribution in [0.3, 0.4) is 0 Å². The molecule has 4 nitrogen and oxygen atoms in total. The molecule has 1 rings (SSSR count). The first kappa shape index (κ1) is 25.2. The maximum Gasteiger partial charge on any atom is 0.227 e. The third-order valence-corrected chi connectivity index (χ3v) is 5.27. The molecular formula is C25H40O4. The van der Waals surface area contributed by atoms with Crippen molar-refractivity contribution in [2.45, 2.75) is 104 Å². The number of hydrogen-bond donors (Lipinski definition) is 1. The Morgan fingerprint density at radius 2 is 1.38 bits per heavy atom. The molecule has 0 fully saturated rings. The lowest BCUT2D eigenvalue weighted by atomic mass is 9.94. The molecule has 0 aliphatic heterocycles. The predicted octanol–water partition coefficient (Wildman–Crippen LogP) is 6.91. The maximum atomic E-state index is 12.3. The van der Waals surface area contributed by atoms with E-state index in [9.17, 15) is 14.7 Å². The molecule has 0 radical (unpaired) electrons. The van der Waals surface area contributed by atoms with Gasteiger partial charge in [-0.25, -0.2) is 0 Å². The summed E-state index contributed by atoms with van der Waals surface area (Å²) < 4.78 is 5.21. The highest BCUT2D eigenvalue weighted by Gasteiger charge is 2.28. The summed E-state index contributed by atoms with van der Waals surface area (Å²) in [5, 5.41) is 9.91. The van der Waals surface area contributed by atoms with Crippen LogP contribution in [0.2, 0.25) is 0 Å². The van der Waals surface area contributed by atoms with E-state index in [4.69, 9.17) is 4.74 Å². The second-order valence-electron chi connectivity index (χ2n) is 7.80. The smallest absolute Gasteiger partial charge is 0.227 e. The van der Waals surface area contributed by atoms with Gasteiger partial charge in [0.1, 0.15) is 0 Å². The molecule has 0 aromatic heterocycles. The van der Waals surface area contributed by atoms with Crippen LogP contribution < -0.4 is 0 Å². The predicted molar refractivity (Wildman–Crippen MR) is 119 cm³/mol. The third-order valence-electron chi connectivity index (χ3n) is 5.27. The van der Waals surface area contributed by atoms with Crippen molar-refractivity contribution in [3.63, 3.8) is 0 Å². The standard InChI is InChI=1S/C25H40O4/c1-3-5-6-7-8-9-10-11-12-13-14-15-16-17-18-19-21-24(27)22(26)20-23(25(21)28)29-4-2/h9-10,20,27H,3-8,11-19H2,1-2H3/b10-9+. The number of unbranched alkanes of at least 4 members (excludes halogenated alkanes) is 11. The van der Waals surface area contributed by atoms with Crippen LogP contribution in [-0.4, -0.2) is 23.3 Å². The Kier molecular flexibility index (Phi) is 13.9. The van der Waals surface area contributed by atoms with Crippen LogP contribution in [0.1, 0.15) is 104 Å². The first-order valence-corrected chi connectivity index (χ1v) is 11.6. The monoisotopic (exact) mass is 404 g/mol. The van der Waals surface area contributed by atoms with Gasteiger partial charge < -0.3 is 9.84 Å². The molecule has 0 saturated carbocycles. The number of aliphatic hydroxyl groups excluding tert-OH is 1. The molecule has 0 heterocycles. The highest BCUT2D eigenvalue weighted by molar-refractivity contribution is 6.20. The van der Waals surface area contributed by atoms with Crippen molar-refractivity contribution >= 4 is 11.6 Å². The minimum atomic E-state index is -0.530. The molecule has 1 N–H and O–H groups in total. The van der Waals surface area contributed by atoms with Gasteiger partial charge >= 0.3 is 0 Å². The van der Waals surface area contributed by atoms with Crippen LogP contribution in [0.15, 0.2) is 35.3 Å². The van der Waals surface area contributed by atoms with Crippen LogP contribution >= 0.6 is 0 Å². The molecule has 164 valence electrons. The van der Waals surface area contributed by atoms with Gasteiger partial charge in [0.05, 0.1) is 6.61 Å². The number of Topliss-reactive ketones (excluding diaryl/α,β-unsaturated/α-hetero) is 1. The molecule has 0 saturated heterocycles. The second-order valence-corrected chi connectivity index (χ2v) is 7.80. The molecule has 1 aliphatic carbocycles. The van der Waals surface area contributed by atoms with E-state index in [0.29, 0.717) is 13.0 Å². The summed E-state index contributed by atoms with van der Waals surface area (Å²) in [6.07, 6.45) is 21.8. The van der Waals surface area contributed by atoms with E-state index < -0.39 is 11.5 Å². The van der Waals surface area contributed by atoms with Gasteiger partial charge in [0.2, 0.25) is 11.6 Å². The average molecular weight is 405 g/mol. The first-order chi connectivity index (χ1) is 14.1. The zero-order valence-electron chi connectivity index (χ0n) is 18.5. The van der Waals surface area contributed by atoms with Gasteiger partial charge in [-0.2, -0.15) is 0 Å². The number of ether oxygens (including phenoxy) is 1. The summed E-state index contributed by atoms with van der Waals surface area (Å²) in [5.41, 5.74) is 0.211. The Hall–Kier alpha value is -1.84. The summed E-state index contributed by atoms with van der Waals surface area (Å²) in [7, 11) is 0. The minimum Gasteiger partial charge on any atom is -0.504 e. The van der Waals surface area contributed by atoms with Crippen molar-refractivity contribution in [3.05, 3.63) is 35.3 Å². The Balaban J connectivity index is 2.05.